The zero-order valence-electron chi connectivity index (χ0n) is 13.4. The van der Waals surface area contributed by atoms with Crippen LogP contribution in [0.1, 0.15) is 40.8 Å². The number of aromatic amines is 1. The first-order chi connectivity index (χ1) is 11.7. The zero-order valence-corrected chi connectivity index (χ0v) is 13.4. The molecule has 1 aliphatic heterocycles. The Bertz CT molecular complexity index is 889. The van der Waals surface area contributed by atoms with Crippen LogP contribution in [0.25, 0.3) is 11.0 Å². The lowest BCUT2D eigenvalue weighted by atomic mass is 9.94. The fourth-order valence-corrected chi connectivity index (χ4v) is 3.21. The van der Waals surface area contributed by atoms with Gasteiger partial charge in [-0.1, -0.05) is 0 Å². The van der Waals surface area contributed by atoms with Crippen LogP contribution in [-0.4, -0.2) is 49.0 Å². The number of amides is 1. The average Bonchev–Trinajstić information content (AvgIpc) is 3.09. The highest BCUT2D eigenvalue weighted by Crippen LogP contribution is 2.27. The first-order valence-corrected chi connectivity index (χ1v) is 8.09. The number of hydrogen-bond donors (Lipinski definition) is 1. The molecule has 1 amide bonds. The quantitative estimate of drug-likeness (QED) is 0.780. The fourth-order valence-electron chi connectivity index (χ4n) is 3.21. The van der Waals surface area contributed by atoms with Crippen LogP contribution >= 0.6 is 0 Å². The molecular formula is C17H18N6O. The van der Waals surface area contributed by atoms with Crippen LogP contribution in [0, 0.1) is 6.92 Å². The van der Waals surface area contributed by atoms with Crippen molar-refractivity contribution in [3.63, 3.8) is 0 Å². The van der Waals surface area contributed by atoms with Crippen LogP contribution in [0.4, 0.5) is 0 Å². The van der Waals surface area contributed by atoms with Crippen molar-refractivity contribution < 1.29 is 4.79 Å². The van der Waals surface area contributed by atoms with E-state index in [2.05, 4.69) is 25.1 Å². The second-order valence-corrected chi connectivity index (χ2v) is 6.12. The molecule has 1 unspecified atom stereocenters. The first-order valence-electron chi connectivity index (χ1n) is 8.09. The smallest absolute Gasteiger partial charge is 0.272 e. The topological polar surface area (TPSA) is 87.7 Å². The predicted octanol–water partition coefficient (Wildman–Crippen LogP) is 2.08. The minimum absolute atomic E-state index is 0.0344. The lowest BCUT2D eigenvalue weighted by Gasteiger charge is -2.32. The summed E-state index contributed by atoms with van der Waals surface area (Å²) in [7, 11) is 0. The lowest BCUT2D eigenvalue weighted by Crippen LogP contribution is -2.39. The number of carbonyl (C=O) groups is 1. The third-order valence-corrected chi connectivity index (χ3v) is 4.44. The maximum Gasteiger partial charge on any atom is 0.272 e. The van der Waals surface area contributed by atoms with Gasteiger partial charge >= 0.3 is 0 Å². The predicted molar refractivity (Wildman–Crippen MR) is 88.5 cm³/mol. The molecule has 1 N–H and O–H groups in total. The largest absolute Gasteiger partial charge is 0.337 e. The van der Waals surface area contributed by atoms with Crippen LogP contribution in [0.2, 0.25) is 0 Å². The highest BCUT2D eigenvalue weighted by Gasteiger charge is 2.27. The van der Waals surface area contributed by atoms with E-state index in [0.717, 1.165) is 36.1 Å². The lowest BCUT2D eigenvalue weighted by molar-refractivity contribution is 0.0699. The SMILES string of the molecule is Cc1nccc(C(=O)N2CCCC(c3ccc4cn[nH]c4n3)C2)n1. The number of pyridine rings is 1. The van der Waals surface area contributed by atoms with Gasteiger partial charge in [-0.2, -0.15) is 5.10 Å². The van der Waals surface area contributed by atoms with E-state index in [4.69, 9.17) is 0 Å². The third kappa shape index (κ3) is 2.73. The van der Waals surface area contributed by atoms with Crippen molar-refractivity contribution in [3.8, 4) is 0 Å². The molecule has 4 rings (SSSR count). The highest BCUT2D eigenvalue weighted by molar-refractivity contribution is 5.92. The summed E-state index contributed by atoms with van der Waals surface area (Å²) in [6.45, 7) is 3.21. The molecule has 3 aromatic rings. The number of nitrogens with one attached hydrogen (secondary N) is 1. The van der Waals surface area contributed by atoms with Gasteiger partial charge < -0.3 is 4.90 Å². The molecule has 122 valence electrons. The molecule has 0 radical (unpaired) electrons. The van der Waals surface area contributed by atoms with Gasteiger partial charge in [0.15, 0.2) is 5.65 Å². The van der Waals surface area contributed by atoms with Crippen LogP contribution in [0.3, 0.4) is 0 Å². The van der Waals surface area contributed by atoms with Crippen molar-refractivity contribution >= 4 is 16.9 Å². The van der Waals surface area contributed by atoms with E-state index in [1.807, 2.05) is 17.0 Å². The first kappa shape index (κ1) is 14.7. The van der Waals surface area contributed by atoms with E-state index >= 15 is 0 Å². The van der Waals surface area contributed by atoms with Crippen molar-refractivity contribution in [3.05, 3.63) is 47.8 Å². The standard InChI is InChI=1S/C17H18N6O/c1-11-18-7-6-15(20-11)17(24)23-8-2-3-13(10-23)14-5-4-12-9-19-22-16(12)21-14/h4-7,9,13H,2-3,8,10H2,1H3,(H,19,21,22). The molecule has 7 nitrogen and oxygen atoms in total. The Kier molecular flexibility index (Phi) is 3.68. The van der Waals surface area contributed by atoms with Gasteiger partial charge in [0, 0.05) is 36.3 Å². The van der Waals surface area contributed by atoms with Gasteiger partial charge in [-0.3, -0.25) is 9.89 Å². The summed E-state index contributed by atoms with van der Waals surface area (Å²) in [6.07, 6.45) is 5.38. The summed E-state index contributed by atoms with van der Waals surface area (Å²) in [5.74, 6) is 0.812. The fraction of sp³-hybridized carbons (Fsp3) is 0.353. The van der Waals surface area contributed by atoms with E-state index in [1.165, 1.54) is 0 Å². The minimum atomic E-state index is -0.0344. The van der Waals surface area contributed by atoms with Gasteiger partial charge in [0.2, 0.25) is 0 Å². The van der Waals surface area contributed by atoms with E-state index < -0.39 is 0 Å². The molecule has 0 spiro atoms. The van der Waals surface area contributed by atoms with Crippen molar-refractivity contribution in [2.45, 2.75) is 25.7 Å². The van der Waals surface area contributed by atoms with E-state index in [9.17, 15) is 4.79 Å². The third-order valence-electron chi connectivity index (χ3n) is 4.44. The Balaban J connectivity index is 1.55. The number of aryl methyl sites for hydroxylation is 1. The Hall–Kier alpha value is -2.83. The summed E-state index contributed by atoms with van der Waals surface area (Å²) in [5.41, 5.74) is 2.26. The van der Waals surface area contributed by atoms with Gasteiger partial charge in [-0.25, -0.2) is 15.0 Å². The molecule has 3 aromatic heterocycles. The molecule has 0 aliphatic carbocycles. The molecule has 0 saturated carbocycles. The number of H-pyrrole nitrogens is 1. The molecule has 0 aromatic carbocycles. The number of rotatable bonds is 2. The molecule has 1 fully saturated rings. The summed E-state index contributed by atoms with van der Waals surface area (Å²) in [5, 5.41) is 7.92. The van der Waals surface area contributed by atoms with Crippen molar-refractivity contribution in [1.29, 1.82) is 0 Å². The molecule has 1 aliphatic rings. The van der Waals surface area contributed by atoms with E-state index in [-0.39, 0.29) is 11.8 Å². The summed E-state index contributed by atoms with van der Waals surface area (Å²) < 4.78 is 0. The Morgan fingerprint density at radius 2 is 2.21 bits per heavy atom. The van der Waals surface area contributed by atoms with E-state index in [1.54, 1.807) is 25.4 Å². The Morgan fingerprint density at radius 1 is 1.29 bits per heavy atom. The normalized spacial score (nSPS) is 18.0. The van der Waals surface area contributed by atoms with Crippen molar-refractivity contribution in [1.82, 2.24) is 30.0 Å². The average molecular weight is 322 g/mol. The van der Waals surface area contributed by atoms with Crippen LogP contribution in [0.15, 0.2) is 30.6 Å². The van der Waals surface area contributed by atoms with Gasteiger partial charge in [0.05, 0.1) is 6.20 Å². The van der Waals surface area contributed by atoms with E-state index in [0.29, 0.717) is 18.1 Å². The zero-order chi connectivity index (χ0) is 16.5. The molecule has 1 atom stereocenters. The van der Waals surface area contributed by atoms with Crippen LogP contribution in [0.5, 0.6) is 0 Å². The molecule has 24 heavy (non-hydrogen) atoms. The highest BCUT2D eigenvalue weighted by atomic mass is 16.2. The van der Waals surface area contributed by atoms with Crippen LogP contribution < -0.4 is 0 Å². The number of piperidine rings is 1. The number of fused-ring (bicyclic) bond motifs is 1. The second kappa shape index (κ2) is 5.99. The number of nitrogens with zero attached hydrogens (tertiary/aromatic N) is 5. The maximum atomic E-state index is 12.7. The van der Waals surface area contributed by atoms with Crippen molar-refractivity contribution in [2.75, 3.05) is 13.1 Å². The Morgan fingerprint density at radius 3 is 3.08 bits per heavy atom. The van der Waals surface area contributed by atoms with Gasteiger partial charge in [0.25, 0.3) is 5.91 Å². The molecule has 7 heteroatoms. The van der Waals surface area contributed by atoms with Crippen LogP contribution in [-0.2, 0) is 0 Å². The minimum Gasteiger partial charge on any atom is -0.337 e. The second-order valence-electron chi connectivity index (χ2n) is 6.12. The summed E-state index contributed by atoms with van der Waals surface area (Å²) in [6, 6.07) is 5.73. The maximum absolute atomic E-state index is 12.7. The molecule has 4 heterocycles. The number of carbonyl (C=O) groups excluding carboxylic acids is 1. The number of likely N-dealkylation sites (tertiary alicyclic amines) is 1. The molecular weight excluding hydrogens is 304 g/mol. The Labute approximate surface area is 139 Å². The van der Waals surface area contributed by atoms with Crippen molar-refractivity contribution in [2.24, 2.45) is 0 Å². The monoisotopic (exact) mass is 322 g/mol. The number of aromatic nitrogens is 5. The summed E-state index contributed by atoms with van der Waals surface area (Å²) in [4.78, 5) is 27.5. The van der Waals surface area contributed by atoms with Gasteiger partial charge in [0.1, 0.15) is 11.5 Å². The number of hydrogen-bond acceptors (Lipinski definition) is 5. The van der Waals surface area contributed by atoms with Gasteiger partial charge in [-0.05, 0) is 38.0 Å². The summed E-state index contributed by atoms with van der Waals surface area (Å²) >= 11 is 0. The molecule has 1 saturated heterocycles. The van der Waals surface area contributed by atoms with Gasteiger partial charge in [-0.15, -0.1) is 0 Å². The molecule has 0 bridgehead atoms.